The van der Waals surface area contributed by atoms with Gasteiger partial charge in [-0.3, -0.25) is 4.90 Å². The van der Waals surface area contributed by atoms with Crippen LogP contribution in [0.3, 0.4) is 0 Å². The molecule has 1 amide bonds. The largest absolute Gasteiger partial charge is 0.444 e. The molecule has 1 heterocycles. The molecule has 1 aliphatic heterocycles. The van der Waals surface area contributed by atoms with Gasteiger partial charge in [-0.15, -0.1) is 0 Å². The molecule has 1 saturated heterocycles. The second-order valence-corrected chi connectivity index (χ2v) is 14.0. The molecular weight excluding hydrogens is 328 g/mol. The Morgan fingerprint density at radius 1 is 1.30 bits per heavy atom. The molecule has 5 nitrogen and oxygen atoms in total. The predicted molar refractivity (Wildman–Crippen MR) is 100 cm³/mol. The molecule has 0 aromatic heterocycles. The average Bonchev–Trinajstić information content (AvgIpc) is 2.32. The van der Waals surface area contributed by atoms with Gasteiger partial charge in [0.2, 0.25) is 0 Å². The van der Waals surface area contributed by atoms with Gasteiger partial charge in [0, 0.05) is 6.54 Å². The first kappa shape index (κ1) is 20.4. The molecule has 0 aliphatic carbocycles. The molecule has 1 aliphatic rings. The molecule has 0 aromatic carbocycles. The van der Waals surface area contributed by atoms with Crippen molar-refractivity contribution in [1.82, 2.24) is 10.2 Å². The fourth-order valence-electron chi connectivity index (χ4n) is 1.91. The van der Waals surface area contributed by atoms with E-state index in [1.54, 1.807) is 4.90 Å². The fourth-order valence-corrected chi connectivity index (χ4v) is 3.28. The first-order chi connectivity index (χ1) is 10.2. The molecule has 0 aromatic rings. The summed E-state index contributed by atoms with van der Waals surface area (Å²) < 4.78 is 11.7. The van der Waals surface area contributed by atoms with Crippen LogP contribution in [0.2, 0.25) is 18.1 Å². The summed E-state index contributed by atoms with van der Waals surface area (Å²) in [6.07, 6.45) is -0.321. The highest BCUT2D eigenvalue weighted by molar-refractivity contribution is 7.80. The van der Waals surface area contributed by atoms with Crippen LogP contribution in [-0.4, -0.2) is 55.6 Å². The van der Waals surface area contributed by atoms with Crippen LogP contribution in [0, 0.1) is 0 Å². The maximum absolute atomic E-state index is 12.2. The minimum Gasteiger partial charge on any atom is -0.444 e. The molecule has 0 radical (unpaired) electrons. The van der Waals surface area contributed by atoms with Crippen LogP contribution < -0.4 is 5.32 Å². The number of rotatable bonds is 3. The molecule has 0 saturated carbocycles. The first-order valence-corrected chi connectivity index (χ1v) is 11.4. The molecule has 1 fully saturated rings. The van der Waals surface area contributed by atoms with Gasteiger partial charge in [0.05, 0.1) is 24.2 Å². The quantitative estimate of drug-likeness (QED) is 0.616. The standard InChI is InChI=1S/C16H32N2O3SSi/c1-15(2,3)21-14(19)18-9-12(17-13(22)10-18)11-20-23(7,8)16(4,5)6/h12H,9-11H2,1-8H3,(H,17,22)/t12-/m1/s1. The maximum Gasteiger partial charge on any atom is 0.410 e. The summed E-state index contributed by atoms with van der Waals surface area (Å²) in [5, 5.41) is 3.43. The first-order valence-electron chi connectivity index (χ1n) is 8.12. The Hall–Kier alpha value is -0.663. The Morgan fingerprint density at radius 3 is 2.35 bits per heavy atom. The molecule has 134 valence electrons. The molecule has 1 N–H and O–H groups in total. The van der Waals surface area contributed by atoms with Crippen LogP contribution in [0.5, 0.6) is 0 Å². The Kier molecular flexibility index (Phi) is 6.26. The third kappa shape index (κ3) is 6.39. The highest BCUT2D eigenvalue weighted by Crippen LogP contribution is 2.36. The number of ether oxygens (including phenoxy) is 1. The van der Waals surface area contributed by atoms with Crippen molar-refractivity contribution in [1.29, 1.82) is 0 Å². The summed E-state index contributed by atoms with van der Waals surface area (Å²) in [6, 6.07) is 0.0119. The summed E-state index contributed by atoms with van der Waals surface area (Å²) in [7, 11) is -1.82. The number of amides is 1. The predicted octanol–water partition coefficient (Wildman–Crippen LogP) is 3.54. The number of hydrogen-bond acceptors (Lipinski definition) is 4. The lowest BCUT2D eigenvalue weighted by Crippen LogP contribution is -2.58. The van der Waals surface area contributed by atoms with Crippen molar-refractivity contribution in [2.24, 2.45) is 0 Å². The molecular formula is C16H32N2O3SSi. The van der Waals surface area contributed by atoms with Crippen LogP contribution >= 0.6 is 12.2 Å². The second-order valence-electron chi connectivity index (χ2n) is 8.70. The summed E-state index contributed by atoms with van der Waals surface area (Å²) in [6.45, 7) is 18.2. The zero-order valence-corrected chi connectivity index (χ0v) is 17.6. The molecule has 0 spiro atoms. The van der Waals surface area contributed by atoms with Crippen molar-refractivity contribution in [3.05, 3.63) is 0 Å². The number of nitrogens with zero attached hydrogens (tertiary/aromatic N) is 1. The summed E-state index contributed by atoms with van der Waals surface area (Å²) in [5.74, 6) is 0. The van der Waals surface area contributed by atoms with E-state index < -0.39 is 13.9 Å². The van der Waals surface area contributed by atoms with Crippen LogP contribution in [0.25, 0.3) is 0 Å². The molecule has 1 atom stereocenters. The van der Waals surface area contributed by atoms with Crippen molar-refractivity contribution < 1.29 is 14.0 Å². The molecule has 0 unspecified atom stereocenters. The monoisotopic (exact) mass is 360 g/mol. The third-order valence-corrected chi connectivity index (χ3v) is 8.99. The summed E-state index contributed by atoms with van der Waals surface area (Å²) in [4.78, 5) is 14.6. The Bertz CT molecular complexity index is 455. The minimum atomic E-state index is -1.82. The van der Waals surface area contributed by atoms with E-state index in [1.807, 2.05) is 20.8 Å². The van der Waals surface area contributed by atoms with Crippen molar-refractivity contribution in [3.63, 3.8) is 0 Å². The lowest BCUT2D eigenvalue weighted by Gasteiger charge is -2.40. The third-order valence-electron chi connectivity index (χ3n) is 4.24. The Labute approximate surface area is 147 Å². The van der Waals surface area contributed by atoms with Crippen LogP contribution in [0.4, 0.5) is 4.79 Å². The van der Waals surface area contributed by atoms with Gasteiger partial charge in [-0.25, -0.2) is 4.79 Å². The summed E-state index contributed by atoms with van der Waals surface area (Å²) in [5.41, 5.74) is -0.503. The molecule has 7 heteroatoms. The lowest BCUT2D eigenvalue weighted by molar-refractivity contribution is 0.0237. The normalized spacial score (nSPS) is 20.3. The van der Waals surface area contributed by atoms with Gasteiger partial charge in [0.25, 0.3) is 0 Å². The van der Waals surface area contributed by atoms with E-state index in [0.29, 0.717) is 24.7 Å². The van der Waals surface area contributed by atoms with E-state index in [4.69, 9.17) is 21.4 Å². The van der Waals surface area contributed by atoms with Gasteiger partial charge in [0.1, 0.15) is 5.60 Å². The van der Waals surface area contributed by atoms with Gasteiger partial charge < -0.3 is 14.5 Å². The number of thiocarbonyl (C=S) groups is 1. The average molecular weight is 361 g/mol. The zero-order valence-electron chi connectivity index (χ0n) is 15.8. The van der Waals surface area contributed by atoms with Crippen LogP contribution in [0.1, 0.15) is 41.5 Å². The smallest absolute Gasteiger partial charge is 0.410 e. The van der Waals surface area contributed by atoms with E-state index in [-0.39, 0.29) is 17.2 Å². The summed E-state index contributed by atoms with van der Waals surface area (Å²) >= 11 is 5.30. The fraction of sp³-hybridized carbons (Fsp3) is 0.875. The topological polar surface area (TPSA) is 50.8 Å². The minimum absolute atomic E-state index is 0.0119. The maximum atomic E-state index is 12.2. The van der Waals surface area contributed by atoms with Gasteiger partial charge in [0.15, 0.2) is 8.32 Å². The van der Waals surface area contributed by atoms with E-state index in [2.05, 4.69) is 39.2 Å². The number of hydrogen-bond donors (Lipinski definition) is 1. The Morgan fingerprint density at radius 2 is 1.87 bits per heavy atom. The molecule has 1 rings (SSSR count). The SMILES string of the molecule is CC(C)(C)OC(=O)N1CC(=S)N[C@@H](CO[Si](C)(C)C(C)(C)C)C1. The number of carbonyl (C=O) groups is 1. The van der Waals surface area contributed by atoms with E-state index in [1.165, 1.54) is 0 Å². The van der Waals surface area contributed by atoms with Crippen LogP contribution in [0.15, 0.2) is 0 Å². The number of nitrogens with one attached hydrogen (secondary N) is 1. The van der Waals surface area contributed by atoms with Crippen molar-refractivity contribution >= 4 is 31.6 Å². The Balaban J connectivity index is 2.65. The second kappa shape index (κ2) is 7.07. The molecule has 23 heavy (non-hydrogen) atoms. The zero-order chi connectivity index (χ0) is 18.1. The number of carbonyl (C=O) groups excluding carboxylic acids is 1. The van der Waals surface area contributed by atoms with E-state index in [9.17, 15) is 4.79 Å². The highest BCUT2D eigenvalue weighted by Gasteiger charge is 2.38. The van der Waals surface area contributed by atoms with Gasteiger partial charge in [-0.05, 0) is 38.9 Å². The van der Waals surface area contributed by atoms with E-state index in [0.717, 1.165) is 0 Å². The highest BCUT2D eigenvalue weighted by atomic mass is 32.1. The van der Waals surface area contributed by atoms with Crippen LogP contribution in [-0.2, 0) is 9.16 Å². The number of piperazine rings is 1. The van der Waals surface area contributed by atoms with Crippen molar-refractivity contribution in [2.45, 2.75) is 71.3 Å². The van der Waals surface area contributed by atoms with Crippen molar-refractivity contribution in [3.8, 4) is 0 Å². The van der Waals surface area contributed by atoms with Gasteiger partial charge >= 0.3 is 6.09 Å². The molecule has 0 bridgehead atoms. The lowest BCUT2D eigenvalue weighted by atomic mass is 10.2. The van der Waals surface area contributed by atoms with Crippen molar-refractivity contribution in [2.75, 3.05) is 19.7 Å². The van der Waals surface area contributed by atoms with E-state index >= 15 is 0 Å². The van der Waals surface area contributed by atoms with Gasteiger partial charge in [-0.1, -0.05) is 33.0 Å². The van der Waals surface area contributed by atoms with Gasteiger partial charge in [-0.2, -0.15) is 0 Å².